The number of Topliss-reactive ketones (excluding diaryl/α,β-unsaturated/α-hetero) is 1. The molecule has 1 aliphatic heterocycles. The fraction of sp³-hybridized carbons (Fsp3) is 0.292. The van der Waals surface area contributed by atoms with Crippen molar-refractivity contribution in [3.05, 3.63) is 66.2 Å². The average molecular weight is 428 g/mol. The molecule has 1 fully saturated rings. The van der Waals surface area contributed by atoms with Gasteiger partial charge in [0.2, 0.25) is 0 Å². The van der Waals surface area contributed by atoms with Gasteiger partial charge in [0, 0.05) is 62.1 Å². The Morgan fingerprint density at radius 1 is 0.969 bits per heavy atom. The van der Waals surface area contributed by atoms with E-state index >= 15 is 0 Å². The van der Waals surface area contributed by atoms with E-state index in [1.54, 1.807) is 16.9 Å². The quantitative estimate of drug-likeness (QED) is 0.453. The van der Waals surface area contributed by atoms with Crippen molar-refractivity contribution in [3.63, 3.8) is 0 Å². The van der Waals surface area contributed by atoms with Crippen LogP contribution in [0, 0.1) is 0 Å². The molecule has 0 amide bonds. The number of fused-ring (bicyclic) bond motifs is 1. The molecule has 1 aliphatic rings. The topological polar surface area (TPSA) is 80.0 Å². The van der Waals surface area contributed by atoms with Crippen molar-refractivity contribution in [3.8, 4) is 11.1 Å². The van der Waals surface area contributed by atoms with Gasteiger partial charge in [-0.2, -0.15) is 15.3 Å². The minimum atomic E-state index is 0.0137. The SMILES string of the molecule is CN1CCN(c2cc(C(=O)Cc3cc4cc(-c5cnn(C)c5)ccc4nn3)ccn2)CC1. The molecule has 5 rings (SSSR count). The van der Waals surface area contributed by atoms with Gasteiger partial charge in [0.25, 0.3) is 0 Å². The predicted molar refractivity (Wildman–Crippen MR) is 124 cm³/mol. The molecule has 4 aromatic rings. The van der Waals surface area contributed by atoms with E-state index in [-0.39, 0.29) is 12.2 Å². The Labute approximate surface area is 186 Å². The van der Waals surface area contributed by atoms with Crippen LogP contribution in [0.3, 0.4) is 0 Å². The summed E-state index contributed by atoms with van der Waals surface area (Å²) in [5.74, 6) is 0.870. The number of ketones is 1. The first-order valence-corrected chi connectivity index (χ1v) is 10.7. The van der Waals surface area contributed by atoms with Crippen LogP contribution in [0.5, 0.6) is 0 Å². The van der Waals surface area contributed by atoms with Gasteiger partial charge in [-0.05, 0) is 42.9 Å². The van der Waals surface area contributed by atoms with E-state index in [1.807, 2.05) is 43.7 Å². The Morgan fingerprint density at radius 2 is 1.81 bits per heavy atom. The minimum absolute atomic E-state index is 0.0137. The Hall–Kier alpha value is -3.65. The van der Waals surface area contributed by atoms with E-state index in [2.05, 4.69) is 43.2 Å². The molecular weight excluding hydrogens is 402 g/mol. The maximum Gasteiger partial charge on any atom is 0.169 e. The number of rotatable bonds is 5. The highest BCUT2D eigenvalue weighted by Gasteiger charge is 2.17. The first-order valence-electron chi connectivity index (χ1n) is 10.7. The molecule has 0 N–H and O–H groups in total. The third-order valence-corrected chi connectivity index (χ3v) is 5.91. The summed E-state index contributed by atoms with van der Waals surface area (Å²) in [4.78, 5) is 22.0. The van der Waals surface area contributed by atoms with Crippen LogP contribution in [-0.2, 0) is 13.5 Å². The van der Waals surface area contributed by atoms with E-state index in [1.165, 1.54) is 0 Å². The van der Waals surface area contributed by atoms with Crippen LogP contribution < -0.4 is 4.90 Å². The van der Waals surface area contributed by atoms with Crippen LogP contribution in [-0.4, -0.2) is 68.9 Å². The Morgan fingerprint density at radius 3 is 2.59 bits per heavy atom. The van der Waals surface area contributed by atoms with Crippen LogP contribution in [0.4, 0.5) is 5.82 Å². The Kier molecular flexibility index (Phi) is 5.36. The number of anilines is 1. The molecule has 0 aliphatic carbocycles. The fourth-order valence-electron chi connectivity index (χ4n) is 3.99. The number of carbonyl (C=O) groups is 1. The summed E-state index contributed by atoms with van der Waals surface area (Å²) in [5.41, 5.74) is 4.21. The van der Waals surface area contributed by atoms with Gasteiger partial charge in [0.1, 0.15) is 5.82 Å². The second-order valence-corrected chi connectivity index (χ2v) is 8.30. The highest BCUT2D eigenvalue weighted by atomic mass is 16.1. The zero-order chi connectivity index (χ0) is 22.1. The normalized spacial score (nSPS) is 14.8. The number of nitrogens with zero attached hydrogens (tertiary/aromatic N) is 7. The van der Waals surface area contributed by atoms with E-state index in [4.69, 9.17) is 0 Å². The van der Waals surface area contributed by atoms with Crippen LogP contribution >= 0.6 is 0 Å². The van der Waals surface area contributed by atoms with Crippen molar-refractivity contribution >= 4 is 22.5 Å². The summed E-state index contributed by atoms with van der Waals surface area (Å²) in [6, 6.07) is 11.6. The fourth-order valence-corrected chi connectivity index (χ4v) is 3.99. The molecule has 32 heavy (non-hydrogen) atoms. The van der Waals surface area contributed by atoms with Gasteiger partial charge in [-0.3, -0.25) is 9.48 Å². The number of likely N-dealkylation sites (N-methyl/N-ethyl adjacent to an activating group) is 1. The number of carbonyl (C=O) groups excluding carboxylic acids is 1. The number of piperazine rings is 1. The number of pyridine rings is 1. The maximum absolute atomic E-state index is 13.0. The number of aryl methyl sites for hydroxylation is 1. The van der Waals surface area contributed by atoms with Gasteiger partial charge in [0.05, 0.1) is 23.8 Å². The first kappa shape index (κ1) is 20.3. The predicted octanol–water partition coefficient (Wildman–Crippen LogP) is 2.60. The number of hydrogen-bond acceptors (Lipinski definition) is 7. The molecule has 1 aromatic carbocycles. The smallest absolute Gasteiger partial charge is 0.169 e. The molecule has 4 heterocycles. The highest BCUT2D eigenvalue weighted by Crippen LogP contribution is 2.23. The van der Waals surface area contributed by atoms with Crippen molar-refractivity contribution < 1.29 is 4.79 Å². The van der Waals surface area contributed by atoms with Crippen LogP contribution in [0.1, 0.15) is 16.1 Å². The summed E-state index contributed by atoms with van der Waals surface area (Å²) in [5, 5.41) is 13.8. The standard InChI is InChI=1S/C24H25N7O/c1-29-7-9-31(10-8-29)24-13-18(5-6-25-24)23(32)14-21-12-19-11-17(3-4-22(19)28-27-21)20-15-26-30(2)16-20/h3-6,11-13,15-16H,7-10,14H2,1-2H3. The van der Waals surface area contributed by atoms with Crippen molar-refractivity contribution in [1.82, 2.24) is 29.9 Å². The molecule has 0 atom stereocenters. The lowest BCUT2D eigenvalue weighted by Crippen LogP contribution is -2.44. The van der Waals surface area contributed by atoms with Gasteiger partial charge < -0.3 is 9.80 Å². The second kappa shape index (κ2) is 8.47. The maximum atomic E-state index is 13.0. The summed E-state index contributed by atoms with van der Waals surface area (Å²) in [6.07, 6.45) is 5.72. The lowest BCUT2D eigenvalue weighted by molar-refractivity contribution is 0.0991. The zero-order valence-electron chi connectivity index (χ0n) is 18.3. The van der Waals surface area contributed by atoms with E-state index in [0.29, 0.717) is 11.3 Å². The molecule has 1 saturated heterocycles. The van der Waals surface area contributed by atoms with Gasteiger partial charge in [0.15, 0.2) is 5.78 Å². The summed E-state index contributed by atoms with van der Waals surface area (Å²) >= 11 is 0. The summed E-state index contributed by atoms with van der Waals surface area (Å²) in [7, 11) is 4.02. The molecule has 3 aromatic heterocycles. The third-order valence-electron chi connectivity index (χ3n) is 5.91. The number of benzene rings is 1. The van der Waals surface area contributed by atoms with Gasteiger partial charge >= 0.3 is 0 Å². The largest absolute Gasteiger partial charge is 0.354 e. The highest BCUT2D eigenvalue weighted by molar-refractivity contribution is 5.98. The van der Waals surface area contributed by atoms with Crippen LogP contribution in [0.15, 0.2) is 55.0 Å². The molecule has 0 spiro atoms. The van der Waals surface area contributed by atoms with E-state index in [0.717, 1.165) is 54.0 Å². The van der Waals surface area contributed by atoms with Gasteiger partial charge in [-0.15, -0.1) is 0 Å². The Balaban J connectivity index is 1.36. The first-order chi connectivity index (χ1) is 15.5. The Bertz CT molecular complexity index is 1270. The van der Waals surface area contributed by atoms with E-state index in [9.17, 15) is 4.79 Å². The monoisotopic (exact) mass is 427 g/mol. The van der Waals surface area contributed by atoms with Gasteiger partial charge in [-0.1, -0.05) is 6.07 Å². The molecule has 8 nitrogen and oxygen atoms in total. The molecule has 0 unspecified atom stereocenters. The lowest BCUT2D eigenvalue weighted by Gasteiger charge is -2.33. The molecule has 0 bridgehead atoms. The molecule has 0 saturated carbocycles. The van der Waals surface area contributed by atoms with Crippen molar-refractivity contribution in [2.75, 3.05) is 38.1 Å². The zero-order valence-corrected chi connectivity index (χ0v) is 18.3. The van der Waals surface area contributed by atoms with Crippen molar-refractivity contribution in [2.45, 2.75) is 6.42 Å². The van der Waals surface area contributed by atoms with Crippen molar-refractivity contribution in [1.29, 1.82) is 0 Å². The van der Waals surface area contributed by atoms with Crippen LogP contribution in [0.25, 0.3) is 22.0 Å². The lowest BCUT2D eigenvalue weighted by atomic mass is 10.0. The third kappa shape index (κ3) is 4.22. The van der Waals surface area contributed by atoms with Gasteiger partial charge in [-0.25, -0.2) is 4.98 Å². The summed E-state index contributed by atoms with van der Waals surface area (Å²) in [6.45, 7) is 3.81. The van der Waals surface area contributed by atoms with Crippen molar-refractivity contribution in [2.24, 2.45) is 7.05 Å². The van der Waals surface area contributed by atoms with E-state index < -0.39 is 0 Å². The average Bonchev–Trinajstić information content (AvgIpc) is 3.25. The summed E-state index contributed by atoms with van der Waals surface area (Å²) < 4.78 is 1.78. The minimum Gasteiger partial charge on any atom is -0.354 e. The van der Waals surface area contributed by atoms with Crippen LogP contribution in [0.2, 0.25) is 0 Å². The number of aromatic nitrogens is 5. The molecule has 0 radical (unpaired) electrons. The molecule has 8 heteroatoms. The second-order valence-electron chi connectivity index (χ2n) is 8.30. The molecule has 162 valence electrons. The molecular formula is C24H25N7O. The number of hydrogen-bond donors (Lipinski definition) is 0.